The summed E-state index contributed by atoms with van der Waals surface area (Å²) < 4.78 is 26.5. The first-order valence-electron chi connectivity index (χ1n) is 4.79. The molecule has 0 saturated heterocycles. The zero-order valence-electron chi connectivity index (χ0n) is 8.85. The second kappa shape index (κ2) is 5.77. The Morgan fingerprint density at radius 3 is 2.62 bits per heavy atom. The molecule has 0 aliphatic carbocycles. The molecule has 0 radical (unpaired) electrons. The van der Waals surface area contributed by atoms with E-state index in [-0.39, 0.29) is 12.4 Å². The molecule has 1 aromatic rings. The molecule has 6 heteroatoms. The maximum absolute atomic E-state index is 11.7. The van der Waals surface area contributed by atoms with Crippen LogP contribution in [0.5, 0.6) is 0 Å². The van der Waals surface area contributed by atoms with Gasteiger partial charge in [0.25, 0.3) is 0 Å². The highest BCUT2D eigenvalue weighted by molar-refractivity contribution is 9.10. The van der Waals surface area contributed by atoms with Gasteiger partial charge in [0.05, 0.1) is 12.4 Å². The summed E-state index contributed by atoms with van der Waals surface area (Å²) in [6.07, 6.45) is 0. The van der Waals surface area contributed by atoms with E-state index in [0.717, 1.165) is 4.47 Å². The molecule has 0 amide bonds. The Morgan fingerprint density at radius 2 is 2.06 bits per heavy atom. The average molecular weight is 308 g/mol. The lowest BCUT2D eigenvalue weighted by Crippen LogP contribution is -2.35. The molecule has 1 aromatic carbocycles. The highest BCUT2D eigenvalue weighted by atomic mass is 79.9. The molecule has 0 saturated carbocycles. The molecule has 90 valence electrons. The fourth-order valence-corrected chi connectivity index (χ4v) is 3.25. The minimum atomic E-state index is -3.41. The molecule has 4 nitrogen and oxygen atoms in total. The van der Waals surface area contributed by atoms with E-state index >= 15 is 0 Å². The SMILES string of the molecule is C[C@@H](CO)NS(=O)(=O)Cc1ccccc1Br. The van der Waals surface area contributed by atoms with Crippen LogP contribution >= 0.6 is 15.9 Å². The van der Waals surface area contributed by atoms with Crippen LogP contribution in [0.15, 0.2) is 28.7 Å². The highest BCUT2D eigenvalue weighted by Gasteiger charge is 2.15. The topological polar surface area (TPSA) is 66.4 Å². The Hall–Kier alpha value is -0.430. The third-order valence-corrected chi connectivity index (χ3v) is 4.18. The zero-order valence-corrected chi connectivity index (χ0v) is 11.3. The number of hydrogen-bond acceptors (Lipinski definition) is 3. The van der Waals surface area contributed by atoms with Crippen molar-refractivity contribution in [3.63, 3.8) is 0 Å². The molecule has 0 aromatic heterocycles. The van der Waals surface area contributed by atoms with Crippen LogP contribution in [-0.4, -0.2) is 26.2 Å². The number of halogens is 1. The number of benzene rings is 1. The van der Waals surface area contributed by atoms with E-state index in [0.29, 0.717) is 5.56 Å². The van der Waals surface area contributed by atoms with Gasteiger partial charge in [0.2, 0.25) is 10.0 Å². The van der Waals surface area contributed by atoms with E-state index < -0.39 is 16.1 Å². The van der Waals surface area contributed by atoms with E-state index in [1.54, 1.807) is 25.1 Å². The molecule has 2 N–H and O–H groups in total. The van der Waals surface area contributed by atoms with Crippen molar-refractivity contribution < 1.29 is 13.5 Å². The summed E-state index contributed by atoms with van der Waals surface area (Å²) >= 11 is 3.29. The Kier molecular flexibility index (Phi) is 4.91. The molecule has 1 atom stereocenters. The lowest BCUT2D eigenvalue weighted by molar-refractivity contribution is 0.265. The largest absolute Gasteiger partial charge is 0.395 e. The summed E-state index contributed by atoms with van der Waals surface area (Å²) in [4.78, 5) is 0. The van der Waals surface area contributed by atoms with Crippen LogP contribution in [-0.2, 0) is 15.8 Å². The molecule has 0 bridgehead atoms. The van der Waals surface area contributed by atoms with Gasteiger partial charge in [-0.25, -0.2) is 13.1 Å². The third-order valence-electron chi connectivity index (χ3n) is 1.96. The van der Waals surface area contributed by atoms with Gasteiger partial charge in [-0.3, -0.25) is 0 Å². The van der Waals surface area contributed by atoms with Crippen molar-refractivity contribution in [1.29, 1.82) is 0 Å². The first-order valence-corrected chi connectivity index (χ1v) is 7.23. The molecular weight excluding hydrogens is 294 g/mol. The molecule has 0 aliphatic heterocycles. The number of rotatable bonds is 5. The van der Waals surface area contributed by atoms with Gasteiger partial charge in [0.1, 0.15) is 0 Å². The van der Waals surface area contributed by atoms with Crippen LogP contribution in [0.4, 0.5) is 0 Å². The van der Waals surface area contributed by atoms with Gasteiger partial charge in [-0.15, -0.1) is 0 Å². The fraction of sp³-hybridized carbons (Fsp3) is 0.400. The van der Waals surface area contributed by atoms with Crippen LogP contribution in [0.25, 0.3) is 0 Å². The lowest BCUT2D eigenvalue weighted by atomic mass is 10.2. The number of aliphatic hydroxyl groups is 1. The van der Waals surface area contributed by atoms with E-state index in [1.807, 2.05) is 6.07 Å². The summed E-state index contributed by atoms with van der Waals surface area (Å²) in [5.74, 6) is -0.0984. The Bertz CT molecular complexity index is 447. The maximum atomic E-state index is 11.7. The number of aliphatic hydroxyl groups excluding tert-OH is 1. The van der Waals surface area contributed by atoms with Crippen molar-refractivity contribution in [3.05, 3.63) is 34.3 Å². The van der Waals surface area contributed by atoms with Gasteiger partial charge < -0.3 is 5.11 Å². The Balaban J connectivity index is 2.77. The van der Waals surface area contributed by atoms with Crippen LogP contribution in [0.3, 0.4) is 0 Å². The molecular formula is C10H14BrNO3S. The lowest BCUT2D eigenvalue weighted by Gasteiger charge is -2.12. The minimum absolute atomic E-state index is 0.0984. The van der Waals surface area contributed by atoms with E-state index in [1.165, 1.54) is 0 Å². The minimum Gasteiger partial charge on any atom is -0.395 e. The van der Waals surface area contributed by atoms with Gasteiger partial charge in [0.15, 0.2) is 0 Å². The second-order valence-corrected chi connectivity index (χ2v) is 6.16. The number of sulfonamides is 1. The Labute approximate surface area is 104 Å². The van der Waals surface area contributed by atoms with Gasteiger partial charge in [-0.05, 0) is 18.6 Å². The maximum Gasteiger partial charge on any atom is 0.216 e. The van der Waals surface area contributed by atoms with E-state index in [9.17, 15) is 8.42 Å². The second-order valence-electron chi connectivity index (χ2n) is 3.55. The highest BCUT2D eigenvalue weighted by Crippen LogP contribution is 2.18. The van der Waals surface area contributed by atoms with Crippen molar-refractivity contribution in [2.45, 2.75) is 18.7 Å². The van der Waals surface area contributed by atoms with Crippen molar-refractivity contribution >= 4 is 26.0 Å². The van der Waals surface area contributed by atoms with Crippen LogP contribution in [0.2, 0.25) is 0 Å². The standard InChI is InChI=1S/C10H14BrNO3S/c1-8(6-13)12-16(14,15)7-9-4-2-3-5-10(9)11/h2-5,8,12-13H,6-7H2,1H3/t8-/m0/s1. The van der Waals surface area contributed by atoms with E-state index in [2.05, 4.69) is 20.7 Å². The molecule has 0 heterocycles. The summed E-state index contributed by atoms with van der Waals surface area (Å²) in [5.41, 5.74) is 0.695. The summed E-state index contributed by atoms with van der Waals surface area (Å²) in [7, 11) is -3.41. The van der Waals surface area contributed by atoms with Crippen LogP contribution in [0.1, 0.15) is 12.5 Å². The van der Waals surface area contributed by atoms with Gasteiger partial charge >= 0.3 is 0 Å². The number of nitrogens with one attached hydrogen (secondary N) is 1. The van der Waals surface area contributed by atoms with Crippen LogP contribution in [0, 0.1) is 0 Å². The van der Waals surface area contributed by atoms with Gasteiger partial charge in [-0.2, -0.15) is 0 Å². The van der Waals surface area contributed by atoms with Gasteiger partial charge in [0, 0.05) is 10.5 Å². The predicted octanol–water partition coefficient (Wildman–Crippen LogP) is 1.25. The smallest absolute Gasteiger partial charge is 0.216 e. The molecule has 0 aliphatic rings. The summed E-state index contributed by atoms with van der Waals surface area (Å²) in [6, 6.07) is 6.68. The zero-order chi connectivity index (χ0) is 12.2. The Morgan fingerprint density at radius 1 is 1.44 bits per heavy atom. The monoisotopic (exact) mass is 307 g/mol. The third kappa shape index (κ3) is 4.21. The quantitative estimate of drug-likeness (QED) is 0.860. The van der Waals surface area contributed by atoms with Gasteiger partial charge in [-0.1, -0.05) is 34.1 Å². The summed E-state index contributed by atoms with van der Waals surface area (Å²) in [6.45, 7) is 1.40. The molecule has 0 unspecified atom stereocenters. The van der Waals surface area contributed by atoms with Crippen molar-refractivity contribution in [2.24, 2.45) is 0 Å². The molecule has 1 rings (SSSR count). The first kappa shape index (κ1) is 13.6. The summed E-state index contributed by atoms with van der Waals surface area (Å²) in [5, 5.41) is 8.78. The molecule has 16 heavy (non-hydrogen) atoms. The van der Waals surface area contributed by atoms with E-state index in [4.69, 9.17) is 5.11 Å². The fourth-order valence-electron chi connectivity index (χ4n) is 1.21. The predicted molar refractivity (Wildman–Crippen MR) is 66.4 cm³/mol. The average Bonchev–Trinajstić information content (AvgIpc) is 2.20. The number of hydrogen-bond donors (Lipinski definition) is 2. The normalized spacial score (nSPS) is 13.7. The van der Waals surface area contributed by atoms with Crippen molar-refractivity contribution in [1.82, 2.24) is 4.72 Å². The van der Waals surface area contributed by atoms with Crippen molar-refractivity contribution in [2.75, 3.05) is 6.61 Å². The van der Waals surface area contributed by atoms with Crippen molar-refractivity contribution in [3.8, 4) is 0 Å². The molecule has 0 spiro atoms. The first-order chi connectivity index (χ1) is 7.44. The van der Waals surface area contributed by atoms with Crippen LogP contribution < -0.4 is 4.72 Å². The molecule has 0 fully saturated rings.